The molecule has 144 valence electrons. The number of carbonyl (C=O) groups is 1. The molecule has 0 saturated heterocycles. The van der Waals surface area contributed by atoms with Gasteiger partial charge in [0, 0.05) is 6.54 Å². The summed E-state index contributed by atoms with van der Waals surface area (Å²) in [5.41, 5.74) is 0. The van der Waals surface area contributed by atoms with Crippen molar-refractivity contribution in [2.45, 2.75) is 110 Å². The molecule has 3 heteroatoms. The van der Waals surface area contributed by atoms with Gasteiger partial charge in [0.15, 0.2) is 0 Å². The molecule has 0 bridgehead atoms. The van der Waals surface area contributed by atoms with Crippen molar-refractivity contribution in [2.75, 3.05) is 19.7 Å². The summed E-state index contributed by atoms with van der Waals surface area (Å²) in [5.74, 6) is -0.0536. The summed E-state index contributed by atoms with van der Waals surface area (Å²) in [7, 11) is 0. The fourth-order valence-corrected chi connectivity index (χ4v) is 2.82. The summed E-state index contributed by atoms with van der Waals surface area (Å²) in [6.07, 6.45) is 18.9. The number of hydrogen-bond donors (Lipinski definition) is 1. The Kier molecular flexibility index (Phi) is 20.0. The van der Waals surface area contributed by atoms with Crippen LogP contribution in [0, 0.1) is 0 Å². The van der Waals surface area contributed by atoms with Gasteiger partial charge in [0.05, 0.1) is 13.0 Å². The van der Waals surface area contributed by atoms with Crippen LogP contribution >= 0.6 is 0 Å². The standard InChI is InChI=1S/C21H43NO2/c1-3-5-7-8-9-10-11-12-13-14-15-16-20-24-21(23)17-19-22-18-6-4-2/h22H,3-20H2,1-2H3. The van der Waals surface area contributed by atoms with Crippen LogP contribution in [-0.2, 0) is 9.53 Å². The average molecular weight is 342 g/mol. The number of ether oxygens (including phenoxy) is 1. The molecule has 0 radical (unpaired) electrons. The molecular formula is C21H43NO2. The van der Waals surface area contributed by atoms with Gasteiger partial charge >= 0.3 is 5.97 Å². The average Bonchev–Trinajstić information content (AvgIpc) is 2.59. The minimum absolute atomic E-state index is 0.0536. The lowest BCUT2D eigenvalue weighted by Crippen LogP contribution is -2.20. The quantitative estimate of drug-likeness (QED) is 0.231. The van der Waals surface area contributed by atoms with Gasteiger partial charge in [-0.15, -0.1) is 0 Å². The molecule has 0 aromatic heterocycles. The molecule has 24 heavy (non-hydrogen) atoms. The lowest BCUT2D eigenvalue weighted by molar-refractivity contribution is -0.143. The van der Waals surface area contributed by atoms with Crippen molar-refractivity contribution in [2.24, 2.45) is 0 Å². The Labute approximate surface area is 151 Å². The SMILES string of the molecule is CCCCCCCCCCCCCCOC(=O)CCNCCCC. The molecule has 0 fully saturated rings. The van der Waals surface area contributed by atoms with Crippen molar-refractivity contribution in [3.8, 4) is 0 Å². The van der Waals surface area contributed by atoms with Crippen LogP contribution in [-0.4, -0.2) is 25.7 Å². The molecule has 0 saturated carbocycles. The van der Waals surface area contributed by atoms with Crippen LogP contribution in [0.4, 0.5) is 0 Å². The summed E-state index contributed by atoms with van der Waals surface area (Å²) in [6, 6.07) is 0. The molecule has 1 N–H and O–H groups in total. The second kappa shape index (κ2) is 20.5. The molecule has 0 unspecified atom stereocenters. The van der Waals surface area contributed by atoms with Crippen LogP contribution in [0.1, 0.15) is 110 Å². The van der Waals surface area contributed by atoms with E-state index in [-0.39, 0.29) is 5.97 Å². The van der Waals surface area contributed by atoms with Crippen LogP contribution < -0.4 is 5.32 Å². The van der Waals surface area contributed by atoms with Gasteiger partial charge in [-0.3, -0.25) is 4.79 Å². The fraction of sp³-hybridized carbons (Fsp3) is 0.952. The maximum Gasteiger partial charge on any atom is 0.307 e. The molecule has 0 amide bonds. The van der Waals surface area contributed by atoms with Crippen LogP contribution in [0.5, 0.6) is 0 Å². The van der Waals surface area contributed by atoms with E-state index in [0.29, 0.717) is 13.0 Å². The zero-order valence-corrected chi connectivity index (χ0v) is 16.5. The molecule has 0 aliphatic heterocycles. The number of unbranched alkanes of at least 4 members (excludes halogenated alkanes) is 12. The maximum absolute atomic E-state index is 11.5. The summed E-state index contributed by atoms with van der Waals surface area (Å²) >= 11 is 0. The van der Waals surface area contributed by atoms with Crippen LogP contribution in [0.3, 0.4) is 0 Å². The summed E-state index contributed by atoms with van der Waals surface area (Å²) < 4.78 is 5.26. The molecular weight excluding hydrogens is 298 g/mol. The smallest absolute Gasteiger partial charge is 0.307 e. The first-order valence-corrected chi connectivity index (χ1v) is 10.7. The Bertz CT molecular complexity index is 256. The van der Waals surface area contributed by atoms with Gasteiger partial charge < -0.3 is 10.1 Å². The van der Waals surface area contributed by atoms with Gasteiger partial charge in [0.2, 0.25) is 0 Å². The first-order valence-electron chi connectivity index (χ1n) is 10.7. The number of hydrogen-bond acceptors (Lipinski definition) is 3. The van der Waals surface area contributed by atoms with Crippen molar-refractivity contribution in [3.63, 3.8) is 0 Å². The van der Waals surface area contributed by atoms with E-state index in [0.717, 1.165) is 19.5 Å². The van der Waals surface area contributed by atoms with E-state index in [2.05, 4.69) is 19.2 Å². The van der Waals surface area contributed by atoms with Crippen molar-refractivity contribution >= 4 is 5.97 Å². The second-order valence-electron chi connectivity index (χ2n) is 6.96. The molecule has 0 heterocycles. The van der Waals surface area contributed by atoms with Gasteiger partial charge in [-0.25, -0.2) is 0 Å². The Hall–Kier alpha value is -0.570. The third-order valence-corrected chi connectivity index (χ3v) is 4.47. The molecule has 0 spiro atoms. The van der Waals surface area contributed by atoms with E-state index in [9.17, 15) is 4.79 Å². The Morgan fingerprint density at radius 1 is 0.667 bits per heavy atom. The Morgan fingerprint density at radius 2 is 1.17 bits per heavy atom. The van der Waals surface area contributed by atoms with Gasteiger partial charge in [0.1, 0.15) is 0 Å². The Morgan fingerprint density at radius 3 is 1.71 bits per heavy atom. The van der Waals surface area contributed by atoms with Crippen molar-refractivity contribution < 1.29 is 9.53 Å². The van der Waals surface area contributed by atoms with Gasteiger partial charge in [-0.1, -0.05) is 90.9 Å². The first kappa shape index (κ1) is 23.4. The molecule has 0 aromatic carbocycles. The normalized spacial score (nSPS) is 10.9. The van der Waals surface area contributed by atoms with Crippen molar-refractivity contribution in [1.29, 1.82) is 0 Å². The number of nitrogens with one attached hydrogen (secondary N) is 1. The van der Waals surface area contributed by atoms with Crippen molar-refractivity contribution in [1.82, 2.24) is 5.32 Å². The first-order chi connectivity index (χ1) is 11.8. The van der Waals surface area contributed by atoms with Crippen LogP contribution in [0.2, 0.25) is 0 Å². The zero-order valence-electron chi connectivity index (χ0n) is 16.5. The highest BCUT2D eigenvalue weighted by Crippen LogP contribution is 2.11. The zero-order chi connectivity index (χ0) is 17.7. The van der Waals surface area contributed by atoms with Crippen molar-refractivity contribution in [3.05, 3.63) is 0 Å². The molecule has 0 rings (SSSR count). The van der Waals surface area contributed by atoms with Crippen LogP contribution in [0.15, 0.2) is 0 Å². The second-order valence-corrected chi connectivity index (χ2v) is 6.96. The third-order valence-electron chi connectivity index (χ3n) is 4.47. The Balaban J connectivity index is 3.10. The molecule has 0 aliphatic rings. The van der Waals surface area contributed by atoms with E-state index in [1.807, 2.05) is 0 Å². The lowest BCUT2D eigenvalue weighted by atomic mass is 10.1. The molecule has 0 atom stereocenters. The summed E-state index contributed by atoms with van der Waals surface area (Å²) in [5, 5.41) is 3.27. The molecule has 3 nitrogen and oxygen atoms in total. The lowest BCUT2D eigenvalue weighted by Gasteiger charge is -2.06. The van der Waals surface area contributed by atoms with E-state index < -0.39 is 0 Å². The van der Waals surface area contributed by atoms with E-state index in [1.165, 1.54) is 83.5 Å². The number of carbonyl (C=O) groups excluding carboxylic acids is 1. The minimum atomic E-state index is -0.0536. The summed E-state index contributed by atoms with van der Waals surface area (Å²) in [6.45, 7) is 6.79. The number of esters is 1. The molecule has 0 aromatic rings. The van der Waals surface area contributed by atoms with Gasteiger partial charge in [-0.05, 0) is 19.4 Å². The maximum atomic E-state index is 11.5. The predicted molar refractivity (Wildman–Crippen MR) is 104 cm³/mol. The highest BCUT2D eigenvalue weighted by Gasteiger charge is 2.01. The van der Waals surface area contributed by atoms with Gasteiger partial charge in [0.25, 0.3) is 0 Å². The minimum Gasteiger partial charge on any atom is -0.466 e. The number of rotatable bonds is 19. The van der Waals surface area contributed by atoms with Gasteiger partial charge in [-0.2, -0.15) is 0 Å². The summed E-state index contributed by atoms with van der Waals surface area (Å²) in [4.78, 5) is 11.5. The van der Waals surface area contributed by atoms with E-state index in [1.54, 1.807) is 0 Å². The monoisotopic (exact) mass is 341 g/mol. The van der Waals surface area contributed by atoms with E-state index >= 15 is 0 Å². The highest BCUT2D eigenvalue weighted by molar-refractivity contribution is 5.69. The topological polar surface area (TPSA) is 38.3 Å². The highest BCUT2D eigenvalue weighted by atomic mass is 16.5. The molecule has 0 aliphatic carbocycles. The fourth-order valence-electron chi connectivity index (χ4n) is 2.82. The largest absolute Gasteiger partial charge is 0.466 e. The third kappa shape index (κ3) is 19.5. The van der Waals surface area contributed by atoms with Crippen LogP contribution in [0.25, 0.3) is 0 Å². The van der Waals surface area contributed by atoms with E-state index in [4.69, 9.17) is 4.74 Å². The predicted octanol–water partition coefficient (Wildman–Crippen LogP) is 6.01.